The fraction of sp³-hybridized carbons (Fsp3) is 0.190. The third kappa shape index (κ3) is 5.10. The second kappa shape index (κ2) is 9.28. The molecule has 0 aliphatic carbocycles. The Balaban J connectivity index is 1.81. The molecule has 0 bridgehead atoms. The van der Waals surface area contributed by atoms with Crippen molar-refractivity contribution in [3.05, 3.63) is 63.3 Å². The summed E-state index contributed by atoms with van der Waals surface area (Å²) in [6.45, 7) is 1.38. The van der Waals surface area contributed by atoms with Gasteiger partial charge in [-0.3, -0.25) is 9.69 Å². The van der Waals surface area contributed by atoms with Crippen molar-refractivity contribution >= 4 is 47.2 Å². The quantitative estimate of drug-likeness (QED) is 0.474. The molecule has 1 fully saturated rings. The molecule has 1 aliphatic heterocycles. The highest BCUT2D eigenvalue weighted by atomic mass is 35.5. The van der Waals surface area contributed by atoms with Crippen LogP contribution >= 0.6 is 23.2 Å². The second-order valence-electron chi connectivity index (χ2n) is 6.62. The van der Waals surface area contributed by atoms with Crippen LogP contribution in [0, 0.1) is 0 Å². The Kier molecular flexibility index (Phi) is 6.72. The van der Waals surface area contributed by atoms with Crippen LogP contribution in [0.2, 0.25) is 10.0 Å². The van der Waals surface area contributed by atoms with Gasteiger partial charge in [0.15, 0.2) is 17.6 Å². The molecule has 162 valence electrons. The Morgan fingerprint density at radius 2 is 1.94 bits per heavy atom. The molecule has 3 rings (SSSR count). The van der Waals surface area contributed by atoms with Crippen LogP contribution in [-0.2, 0) is 16.1 Å². The van der Waals surface area contributed by atoms with Gasteiger partial charge < -0.3 is 19.9 Å². The van der Waals surface area contributed by atoms with Gasteiger partial charge in [0.05, 0.1) is 13.7 Å². The minimum absolute atomic E-state index is 0.0127. The summed E-state index contributed by atoms with van der Waals surface area (Å²) in [5.41, 5.74) is 1.19. The zero-order chi connectivity index (χ0) is 22.7. The van der Waals surface area contributed by atoms with Gasteiger partial charge in [-0.25, -0.2) is 9.59 Å². The maximum atomic E-state index is 12.7. The minimum Gasteiger partial charge on any atom is -0.493 e. The van der Waals surface area contributed by atoms with E-state index in [2.05, 4.69) is 5.32 Å². The number of hydrogen-bond acceptors (Lipinski definition) is 5. The number of ether oxygens (including phenoxy) is 2. The lowest BCUT2D eigenvalue weighted by Gasteiger charge is -2.14. The molecule has 3 amide bonds. The summed E-state index contributed by atoms with van der Waals surface area (Å²) in [5.74, 6) is -1.12. The van der Waals surface area contributed by atoms with E-state index < -0.39 is 24.0 Å². The highest BCUT2D eigenvalue weighted by Gasteiger charge is 2.34. The van der Waals surface area contributed by atoms with Crippen LogP contribution in [-0.4, -0.2) is 41.1 Å². The SMILES string of the molecule is COc1cc(/C=C2\NC(=O)N(Cc3ccc(Cl)cc3Cl)C2=O)ccc1OC(C)C(=O)O. The van der Waals surface area contributed by atoms with Gasteiger partial charge in [0, 0.05) is 10.0 Å². The topological polar surface area (TPSA) is 105 Å². The Morgan fingerprint density at radius 3 is 2.58 bits per heavy atom. The number of aliphatic carboxylic acids is 1. The molecule has 1 heterocycles. The number of nitrogens with zero attached hydrogens (tertiary/aromatic N) is 1. The molecule has 31 heavy (non-hydrogen) atoms. The molecule has 0 radical (unpaired) electrons. The number of rotatable bonds is 7. The second-order valence-corrected chi connectivity index (χ2v) is 7.47. The molecular weight excluding hydrogens is 447 g/mol. The lowest BCUT2D eigenvalue weighted by Crippen LogP contribution is -2.30. The van der Waals surface area contributed by atoms with E-state index in [9.17, 15) is 14.4 Å². The van der Waals surface area contributed by atoms with Gasteiger partial charge in [-0.05, 0) is 48.4 Å². The molecule has 8 nitrogen and oxygen atoms in total. The summed E-state index contributed by atoms with van der Waals surface area (Å²) in [6, 6.07) is 8.93. The molecule has 2 N–H and O–H groups in total. The van der Waals surface area contributed by atoms with E-state index >= 15 is 0 Å². The van der Waals surface area contributed by atoms with Crippen LogP contribution in [0.5, 0.6) is 11.5 Å². The van der Waals surface area contributed by atoms with Gasteiger partial charge in [-0.15, -0.1) is 0 Å². The third-order valence-corrected chi connectivity index (χ3v) is 5.04. The summed E-state index contributed by atoms with van der Waals surface area (Å²) in [4.78, 5) is 37.1. The Hall–Kier alpha value is -3.23. The first-order valence-corrected chi connectivity index (χ1v) is 9.81. The molecule has 10 heteroatoms. The number of hydrogen-bond donors (Lipinski definition) is 2. The first-order chi connectivity index (χ1) is 14.7. The van der Waals surface area contributed by atoms with Gasteiger partial charge in [0.25, 0.3) is 5.91 Å². The number of nitrogens with one attached hydrogen (secondary N) is 1. The predicted octanol–water partition coefficient (Wildman–Crippen LogP) is 3.95. The molecule has 2 aromatic carbocycles. The maximum absolute atomic E-state index is 12.7. The van der Waals surface area contributed by atoms with Crippen molar-refractivity contribution in [3.63, 3.8) is 0 Å². The maximum Gasteiger partial charge on any atom is 0.344 e. The summed E-state index contributed by atoms with van der Waals surface area (Å²) in [6.07, 6.45) is 0.415. The zero-order valence-corrected chi connectivity index (χ0v) is 18.0. The number of imide groups is 1. The molecule has 0 saturated carbocycles. The number of carbonyl (C=O) groups is 3. The highest BCUT2D eigenvalue weighted by Crippen LogP contribution is 2.30. The molecule has 1 unspecified atom stereocenters. The van der Waals surface area contributed by atoms with Crippen LogP contribution < -0.4 is 14.8 Å². The molecule has 1 saturated heterocycles. The lowest BCUT2D eigenvalue weighted by molar-refractivity contribution is -0.144. The monoisotopic (exact) mass is 464 g/mol. The average Bonchev–Trinajstić information content (AvgIpc) is 2.98. The van der Waals surface area contributed by atoms with Crippen molar-refractivity contribution in [3.8, 4) is 11.5 Å². The third-order valence-electron chi connectivity index (χ3n) is 4.46. The largest absolute Gasteiger partial charge is 0.493 e. The summed E-state index contributed by atoms with van der Waals surface area (Å²) < 4.78 is 10.6. The van der Waals surface area contributed by atoms with Gasteiger partial charge in [0.2, 0.25) is 0 Å². The first kappa shape index (κ1) is 22.5. The Morgan fingerprint density at radius 1 is 1.19 bits per heavy atom. The lowest BCUT2D eigenvalue weighted by atomic mass is 10.1. The summed E-state index contributed by atoms with van der Waals surface area (Å²) in [7, 11) is 1.41. The number of carboxylic acid groups (broad SMARTS) is 1. The standard InChI is InChI=1S/C21H18Cl2N2O6/c1-11(20(27)28)31-17-6-3-12(8-18(17)30-2)7-16-19(26)25(21(29)24-16)10-13-4-5-14(22)9-15(13)23/h3-9,11H,10H2,1-2H3,(H,24,29)(H,27,28)/b16-7-. The van der Waals surface area contributed by atoms with E-state index in [0.717, 1.165) is 4.90 Å². The number of amides is 3. The van der Waals surface area contributed by atoms with Crippen molar-refractivity contribution in [1.29, 1.82) is 0 Å². The van der Waals surface area contributed by atoms with Gasteiger partial charge >= 0.3 is 12.0 Å². The van der Waals surface area contributed by atoms with E-state index in [-0.39, 0.29) is 23.7 Å². The van der Waals surface area contributed by atoms with Crippen molar-refractivity contribution < 1.29 is 29.0 Å². The Labute approximate surface area is 187 Å². The van der Waals surface area contributed by atoms with Crippen molar-refractivity contribution in [2.75, 3.05) is 7.11 Å². The Bertz CT molecular complexity index is 1090. The average molecular weight is 465 g/mol. The number of carbonyl (C=O) groups excluding carboxylic acids is 2. The molecule has 0 spiro atoms. The molecule has 2 aromatic rings. The van der Waals surface area contributed by atoms with Crippen LogP contribution in [0.15, 0.2) is 42.1 Å². The zero-order valence-electron chi connectivity index (χ0n) is 16.5. The number of carboxylic acids is 1. The van der Waals surface area contributed by atoms with Crippen molar-refractivity contribution in [1.82, 2.24) is 10.2 Å². The van der Waals surface area contributed by atoms with E-state index in [1.54, 1.807) is 24.3 Å². The van der Waals surface area contributed by atoms with Crippen LogP contribution in [0.1, 0.15) is 18.1 Å². The van der Waals surface area contributed by atoms with Crippen LogP contribution in [0.3, 0.4) is 0 Å². The number of methoxy groups -OCH3 is 1. The highest BCUT2D eigenvalue weighted by molar-refractivity contribution is 6.35. The van der Waals surface area contributed by atoms with Gasteiger partial charge in [-0.1, -0.05) is 35.3 Å². The van der Waals surface area contributed by atoms with E-state index in [4.69, 9.17) is 37.8 Å². The number of urea groups is 1. The fourth-order valence-corrected chi connectivity index (χ4v) is 3.28. The number of benzene rings is 2. The fourth-order valence-electron chi connectivity index (χ4n) is 2.81. The van der Waals surface area contributed by atoms with Crippen molar-refractivity contribution in [2.24, 2.45) is 0 Å². The normalized spacial score (nSPS) is 15.7. The molecule has 0 aromatic heterocycles. The van der Waals surface area contributed by atoms with Gasteiger partial charge in [-0.2, -0.15) is 0 Å². The van der Waals surface area contributed by atoms with E-state index in [1.807, 2.05) is 0 Å². The van der Waals surface area contributed by atoms with E-state index in [0.29, 0.717) is 21.2 Å². The number of halogens is 2. The summed E-state index contributed by atoms with van der Waals surface area (Å²) in [5, 5.41) is 12.3. The van der Waals surface area contributed by atoms with Crippen LogP contribution in [0.4, 0.5) is 4.79 Å². The molecular formula is C21H18Cl2N2O6. The minimum atomic E-state index is -1.12. The van der Waals surface area contributed by atoms with E-state index in [1.165, 1.54) is 32.2 Å². The van der Waals surface area contributed by atoms with Gasteiger partial charge in [0.1, 0.15) is 5.70 Å². The van der Waals surface area contributed by atoms with Crippen molar-refractivity contribution in [2.45, 2.75) is 19.6 Å². The smallest absolute Gasteiger partial charge is 0.344 e. The predicted molar refractivity (Wildman–Crippen MR) is 114 cm³/mol. The first-order valence-electron chi connectivity index (χ1n) is 9.05. The summed E-state index contributed by atoms with van der Waals surface area (Å²) >= 11 is 12.0. The van der Waals surface area contributed by atoms with Crippen LogP contribution in [0.25, 0.3) is 6.08 Å². The molecule has 1 atom stereocenters. The molecule has 1 aliphatic rings.